The fraction of sp³-hybridized carbons (Fsp3) is 0.417. The van der Waals surface area contributed by atoms with Gasteiger partial charge in [-0.2, -0.15) is 4.72 Å². The number of alkyl halides is 1. The van der Waals surface area contributed by atoms with Crippen LogP contribution in [0.15, 0.2) is 29.2 Å². The standard InChI is InChI=1S/C12H16FNO4S/c1-2-3-9-4-6-10(7-5-9)19(17,18)14-11(8-13)12(15)16/h4-7,11,14H,2-3,8H2,1H3,(H,15,16)/t11-/m1/s1. The molecule has 2 N–H and O–H groups in total. The summed E-state index contributed by atoms with van der Waals surface area (Å²) in [5.74, 6) is -1.55. The third-order valence-electron chi connectivity index (χ3n) is 2.52. The molecule has 1 rings (SSSR count). The number of benzene rings is 1. The first kappa shape index (κ1) is 15.6. The van der Waals surface area contributed by atoms with Crippen LogP contribution in [0, 0.1) is 0 Å². The molecule has 19 heavy (non-hydrogen) atoms. The van der Waals surface area contributed by atoms with E-state index in [1.54, 1.807) is 12.1 Å². The number of rotatable bonds is 7. The molecule has 0 aliphatic carbocycles. The van der Waals surface area contributed by atoms with E-state index in [1.807, 2.05) is 11.6 Å². The van der Waals surface area contributed by atoms with Gasteiger partial charge in [-0.1, -0.05) is 25.5 Å². The predicted molar refractivity (Wildman–Crippen MR) is 68.2 cm³/mol. The highest BCUT2D eigenvalue weighted by Crippen LogP contribution is 2.12. The van der Waals surface area contributed by atoms with Crippen LogP contribution in [-0.4, -0.2) is 32.2 Å². The Morgan fingerprint density at radius 1 is 1.37 bits per heavy atom. The Morgan fingerprint density at radius 2 is 1.95 bits per heavy atom. The first-order valence-corrected chi connectivity index (χ1v) is 7.29. The largest absolute Gasteiger partial charge is 0.480 e. The fourth-order valence-electron chi connectivity index (χ4n) is 1.53. The van der Waals surface area contributed by atoms with E-state index >= 15 is 0 Å². The van der Waals surface area contributed by atoms with Crippen molar-refractivity contribution in [2.75, 3.05) is 6.67 Å². The molecular formula is C12H16FNO4S. The number of aliphatic carboxylic acids is 1. The van der Waals surface area contributed by atoms with Crippen LogP contribution in [0.1, 0.15) is 18.9 Å². The first-order valence-electron chi connectivity index (χ1n) is 5.80. The number of halogens is 1. The molecule has 0 unspecified atom stereocenters. The minimum atomic E-state index is -4.02. The molecule has 5 nitrogen and oxygen atoms in total. The van der Waals surface area contributed by atoms with Gasteiger partial charge in [0.25, 0.3) is 0 Å². The van der Waals surface area contributed by atoms with Crippen LogP contribution in [0.25, 0.3) is 0 Å². The van der Waals surface area contributed by atoms with E-state index in [2.05, 4.69) is 0 Å². The maximum atomic E-state index is 12.4. The smallest absolute Gasteiger partial charge is 0.324 e. The van der Waals surface area contributed by atoms with Gasteiger partial charge >= 0.3 is 5.97 Å². The molecule has 0 aromatic heterocycles. The fourth-order valence-corrected chi connectivity index (χ4v) is 2.70. The van der Waals surface area contributed by atoms with Crippen LogP contribution in [0.4, 0.5) is 4.39 Å². The topological polar surface area (TPSA) is 83.5 Å². The quantitative estimate of drug-likeness (QED) is 0.793. The van der Waals surface area contributed by atoms with Gasteiger partial charge in [0.1, 0.15) is 12.7 Å². The van der Waals surface area contributed by atoms with Crippen molar-refractivity contribution in [1.82, 2.24) is 4.72 Å². The van der Waals surface area contributed by atoms with Gasteiger partial charge in [0.15, 0.2) is 0 Å². The van der Waals surface area contributed by atoms with E-state index in [4.69, 9.17) is 5.11 Å². The molecule has 1 aromatic carbocycles. The summed E-state index contributed by atoms with van der Waals surface area (Å²) in [6.45, 7) is 0.702. The van der Waals surface area contributed by atoms with E-state index in [9.17, 15) is 17.6 Å². The van der Waals surface area contributed by atoms with E-state index in [-0.39, 0.29) is 4.90 Å². The second kappa shape index (κ2) is 6.63. The third kappa shape index (κ3) is 4.29. The predicted octanol–water partition coefficient (Wildman–Crippen LogP) is 1.34. The van der Waals surface area contributed by atoms with Crippen molar-refractivity contribution in [3.8, 4) is 0 Å². The molecule has 0 fully saturated rings. The molecule has 0 heterocycles. The third-order valence-corrected chi connectivity index (χ3v) is 4.01. The number of hydrogen-bond acceptors (Lipinski definition) is 3. The summed E-state index contributed by atoms with van der Waals surface area (Å²) in [6, 6.07) is 4.31. The Labute approximate surface area is 111 Å². The number of sulfonamides is 1. The number of nitrogens with one attached hydrogen (secondary N) is 1. The Kier molecular flexibility index (Phi) is 5.44. The van der Waals surface area contributed by atoms with Crippen molar-refractivity contribution in [3.63, 3.8) is 0 Å². The minimum Gasteiger partial charge on any atom is -0.480 e. The van der Waals surface area contributed by atoms with Crippen molar-refractivity contribution < 1.29 is 22.7 Å². The highest BCUT2D eigenvalue weighted by Gasteiger charge is 2.25. The van der Waals surface area contributed by atoms with Crippen LogP contribution in [-0.2, 0) is 21.2 Å². The number of aryl methyl sites for hydroxylation is 1. The summed E-state index contributed by atoms with van der Waals surface area (Å²) < 4.78 is 37.9. The van der Waals surface area contributed by atoms with Gasteiger partial charge in [0.2, 0.25) is 10.0 Å². The maximum Gasteiger partial charge on any atom is 0.324 e. The van der Waals surface area contributed by atoms with Crippen molar-refractivity contribution in [2.24, 2.45) is 0 Å². The van der Waals surface area contributed by atoms with E-state index < -0.39 is 28.7 Å². The van der Waals surface area contributed by atoms with Crippen LogP contribution >= 0.6 is 0 Å². The van der Waals surface area contributed by atoms with Crippen molar-refractivity contribution >= 4 is 16.0 Å². The molecule has 1 aromatic rings. The van der Waals surface area contributed by atoms with Crippen LogP contribution in [0.2, 0.25) is 0 Å². The van der Waals surface area contributed by atoms with E-state index in [1.165, 1.54) is 12.1 Å². The van der Waals surface area contributed by atoms with Gasteiger partial charge in [0, 0.05) is 0 Å². The highest BCUT2D eigenvalue weighted by molar-refractivity contribution is 7.89. The lowest BCUT2D eigenvalue weighted by Gasteiger charge is -2.11. The average Bonchev–Trinajstić information content (AvgIpc) is 2.37. The van der Waals surface area contributed by atoms with Crippen LogP contribution in [0.5, 0.6) is 0 Å². The highest BCUT2D eigenvalue weighted by atomic mass is 32.2. The molecule has 0 bridgehead atoms. The number of carbonyl (C=O) groups is 1. The number of carboxylic acids is 1. The first-order chi connectivity index (χ1) is 8.90. The Hall–Kier alpha value is -1.47. The van der Waals surface area contributed by atoms with Gasteiger partial charge in [0.05, 0.1) is 4.90 Å². The maximum absolute atomic E-state index is 12.4. The lowest BCUT2D eigenvalue weighted by Crippen LogP contribution is -2.42. The number of carboxylic acid groups (broad SMARTS) is 1. The summed E-state index contributed by atoms with van der Waals surface area (Å²) in [5, 5.41) is 8.63. The summed E-state index contributed by atoms with van der Waals surface area (Å²) >= 11 is 0. The molecule has 0 aliphatic rings. The van der Waals surface area contributed by atoms with Gasteiger partial charge in [-0.15, -0.1) is 0 Å². The van der Waals surface area contributed by atoms with Crippen LogP contribution in [0.3, 0.4) is 0 Å². The molecular weight excluding hydrogens is 273 g/mol. The molecule has 106 valence electrons. The molecule has 0 aliphatic heterocycles. The second-order valence-electron chi connectivity index (χ2n) is 4.06. The zero-order valence-electron chi connectivity index (χ0n) is 10.5. The van der Waals surface area contributed by atoms with E-state index in [0.29, 0.717) is 0 Å². The van der Waals surface area contributed by atoms with Gasteiger partial charge in [-0.25, -0.2) is 12.8 Å². The molecule has 0 saturated heterocycles. The molecule has 1 atom stereocenters. The second-order valence-corrected chi connectivity index (χ2v) is 5.77. The van der Waals surface area contributed by atoms with Crippen molar-refractivity contribution in [2.45, 2.75) is 30.7 Å². The molecule has 0 amide bonds. The summed E-state index contributed by atoms with van der Waals surface area (Å²) in [4.78, 5) is 10.5. The Bertz CT molecular complexity index is 527. The molecule has 0 spiro atoms. The Balaban J connectivity index is 2.90. The van der Waals surface area contributed by atoms with Crippen molar-refractivity contribution in [3.05, 3.63) is 29.8 Å². The van der Waals surface area contributed by atoms with E-state index in [0.717, 1.165) is 18.4 Å². The zero-order valence-corrected chi connectivity index (χ0v) is 11.3. The van der Waals surface area contributed by atoms with Gasteiger partial charge in [-0.05, 0) is 24.1 Å². The number of hydrogen-bond donors (Lipinski definition) is 2. The minimum absolute atomic E-state index is 0.0768. The van der Waals surface area contributed by atoms with Crippen molar-refractivity contribution in [1.29, 1.82) is 0 Å². The Morgan fingerprint density at radius 3 is 2.37 bits per heavy atom. The summed E-state index contributed by atoms with van der Waals surface area (Å²) in [7, 11) is -4.02. The monoisotopic (exact) mass is 289 g/mol. The SMILES string of the molecule is CCCc1ccc(S(=O)(=O)N[C@H](CF)C(=O)O)cc1. The van der Waals surface area contributed by atoms with Gasteiger partial charge < -0.3 is 5.11 Å². The lowest BCUT2D eigenvalue weighted by atomic mass is 10.1. The molecule has 0 radical (unpaired) electrons. The molecule has 0 saturated carbocycles. The normalized spacial score (nSPS) is 13.2. The van der Waals surface area contributed by atoms with Crippen LogP contribution < -0.4 is 4.72 Å². The zero-order chi connectivity index (χ0) is 14.5. The summed E-state index contributed by atoms with van der Waals surface area (Å²) in [5.41, 5.74) is 0.988. The molecule has 7 heteroatoms. The summed E-state index contributed by atoms with van der Waals surface area (Å²) in [6.07, 6.45) is 1.77. The average molecular weight is 289 g/mol. The lowest BCUT2D eigenvalue weighted by molar-refractivity contribution is -0.139. The van der Waals surface area contributed by atoms with Gasteiger partial charge in [-0.3, -0.25) is 4.79 Å².